The summed E-state index contributed by atoms with van der Waals surface area (Å²) in [5.41, 5.74) is 1.89. The number of carbonyl (C=O) groups is 1. The third-order valence-corrected chi connectivity index (χ3v) is 2.49. The van der Waals surface area contributed by atoms with Crippen LogP contribution in [0.5, 0.6) is 0 Å². The Labute approximate surface area is 102 Å². The van der Waals surface area contributed by atoms with Crippen molar-refractivity contribution in [1.29, 1.82) is 0 Å². The van der Waals surface area contributed by atoms with E-state index in [9.17, 15) is 4.79 Å². The van der Waals surface area contributed by atoms with Gasteiger partial charge in [0.2, 0.25) is 0 Å². The average Bonchev–Trinajstić information content (AvgIpc) is 2.96. The van der Waals surface area contributed by atoms with Crippen molar-refractivity contribution in [2.24, 2.45) is 7.05 Å². The van der Waals surface area contributed by atoms with Gasteiger partial charge >= 0.3 is 0 Å². The zero-order valence-corrected chi connectivity index (χ0v) is 9.61. The summed E-state index contributed by atoms with van der Waals surface area (Å²) in [7, 11) is 1.71. The molecule has 0 spiro atoms. The van der Waals surface area contributed by atoms with Crippen LogP contribution < -0.4 is 5.32 Å². The molecule has 0 fully saturated rings. The van der Waals surface area contributed by atoms with Crippen molar-refractivity contribution in [3.05, 3.63) is 42.5 Å². The standard InChI is InChI=1S/C11H10N6O/c1-16-7-10(14-15-16)11(18)13-8-3-5-17-9(6-8)2-4-12-17/h2-7H,1H3,(H,13,18). The zero-order chi connectivity index (χ0) is 12.5. The predicted molar refractivity (Wildman–Crippen MR) is 64.1 cm³/mol. The quantitative estimate of drug-likeness (QED) is 0.718. The van der Waals surface area contributed by atoms with Gasteiger partial charge in [-0.3, -0.25) is 9.48 Å². The summed E-state index contributed by atoms with van der Waals surface area (Å²) in [6.45, 7) is 0. The summed E-state index contributed by atoms with van der Waals surface area (Å²) in [6.07, 6.45) is 5.04. The topological polar surface area (TPSA) is 77.1 Å². The van der Waals surface area contributed by atoms with Crippen LogP contribution >= 0.6 is 0 Å². The molecule has 90 valence electrons. The Morgan fingerprint density at radius 1 is 1.39 bits per heavy atom. The number of anilines is 1. The number of hydrogen-bond acceptors (Lipinski definition) is 4. The number of pyridine rings is 1. The van der Waals surface area contributed by atoms with Gasteiger partial charge in [-0.2, -0.15) is 5.10 Å². The van der Waals surface area contributed by atoms with E-state index in [-0.39, 0.29) is 11.6 Å². The molecule has 3 heterocycles. The first-order chi connectivity index (χ1) is 8.72. The second-order valence-electron chi connectivity index (χ2n) is 3.85. The van der Waals surface area contributed by atoms with Crippen molar-refractivity contribution >= 4 is 17.1 Å². The molecule has 1 N–H and O–H groups in total. The molecule has 3 aromatic heterocycles. The maximum absolute atomic E-state index is 11.9. The highest BCUT2D eigenvalue weighted by Crippen LogP contribution is 2.12. The van der Waals surface area contributed by atoms with Gasteiger partial charge in [-0.05, 0) is 18.2 Å². The molecule has 0 saturated carbocycles. The van der Waals surface area contributed by atoms with E-state index in [4.69, 9.17) is 0 Å². The zero-order valence-electron chi connectivity index (χ0n) is 9.61. The van der Waals surface area contributed by atoms with E-state index in [1.54, 1.807) is 36.2 Å². The smallest absolute Gasteiger partial charge is 0.277 e. The molecule has 0 bridgehead atoms. The Bertz CT molecular complexity index is 713. The van der Waals surface area contributed by atoms with Gasteiger partial charge in [-0.15, -0.1) is 5.10 Å². The molecular weight excluding hydrogens is 232 g/mol. The highest BCUT2D eigenvalue weighted by Gasteiger charge is 2.10. The lowest BCUT2D eigenvalue weighted by atomic mass is 10.3. The number of hydrogen-bond donors (Lipinski definition) is 1. The van der Waals surface area contributed by atoms with Gasteiger partial charge in [-0.25, -0.2) is 4.52 Å². The number of aromatic nitrogens is 5. The second kappa shape index (κ2) is 3.95. The molecule has 18 heavy (non-hydrogen) atoms. The first kappa shape index (κ1) is 10.5. The maximum Gasteiger partial charge on any atom is 0.277 e. The number of aryl methyl sites for hydroxylation is 1. The molecule has 1 amide bonds. The summed E-state index contributed by atoms with van der Waals surface area (Å²) in [5.74, 6) is -0.285. The Balaban J connectivity index is 1.85. The molecule has 0 aliphatic rings. The van der Waals surface area contributed by atoms with Gasteiger partial charge in [-0.1, -0.05) is 5.21 Å². The highest BCUT2D eigenvalue weighted by atomic mass is 16.2. The van der Waals surface area contributed by atoms with E-state index >= 15 is 0 Å². The molecule has 3 aromatic rings. The van der Waals surface area contributed by atoms with Crippen LogP contribution in [0.4, 0.5) is 5.69 Å². The number of carbonyl (C=O) groups excluding carboxylic acids is 1. The minimum Gasteiger partial charge on any atom is -0.320 e. The fourth-order valence-electron chi connectivity index (χ4n) is 1.65. The minimum atomic E-state index is -0.285. The van der Waals surface area contributed by atoms with Crippen LogP contribution in [0.1, 0.15) is 10.5 Å². The summed E-state index contributed by atoms with van der Waals surface area (Å²) in [4.78, 5) is 11.9. The SMILES string of the molecule is Cn1cc(C(=O)Nc2ccn3nccc3c2)nn1. The molecule has 0 aliphatic heterocycles. The van der Waals surface area contributed by atoms with Crippen molar-refractivity contribution in [3.8, 4) is 0 Å². The predicted octanol–water partition coefficient (Wildman–Crippen LogP) is 0.715. The lowest BCUT2D eigenvalue weighted by molar-refractivity contribution is 0.102. The van der Waals surface area contributed by atoms with Crippen LogP contribution in [0.15, 0.2) is 36.8 Å². The van der Waals surface area contributed by atoms with Gasteiger partial charge in [0, 0.05) is 25.1 Å². The Hall–Kier alpha value is -2.70. The maximum atomic E-state index is 11.9. The van der Waals surface area contributed by atoms with E-state index in [2.05, 4.69) is 20.7 Å². The molecule has 0 aromatic carbocycles. The van der Waals surface area contributed by atoms with Crippen LogP contribution in [-0.4, -0.2) is 30.5 Å². The van der Waals surface area contributed by atoms with Gasteiger partial charge < -0.3 is 5.32 Å². The first-order valence-electron chi connectivity index (χ1n) is 5.33. The normalized spacial score (nSPS) is 10.7. The van der Waals surface area contributed by atoms with E-state index in [0.717, 1.165) is 5.52 Å². The summed E-state index contributed by atoms with van der Waals surface area (Å²) >= 11 is 0. The van der Waals surface area contributed by atoms with Gasteiger partial charge in [0.25, 0.3) is 5.91 Å². The molecule has 0 radical (unpaired) electrons. The lowest BCUT2D eigenvalue weighted by Gasteiger charge is -2.03. The molecule has 0 atom stereocenters. The van der Waals surface area contributed by atoms with Crippen LogP contribution in [0.2, 0.25) is 0 Å². The molecule has 7 heteroatoms. The highest BCUT2D eigenvalue weighted by molar-refractivity contribution is 6.02. The molecule has 0 saturated heterocycles. The molecule has 7 nitrogen and oxygen atoms in total. The fraction of sp³-hybridized carbons (Fsp3) is 0.0909. The Morgan fingerprint density at radius 3 is 3.06 bits per heavy atom. The molecule has 0 aliphatic carbocycles. The number of nitrogens with one attached hydrogen (secondary N) is 1. The number of rotatable bonds is 2. The van der Waals surface area contributed by atoms with Crippen molar-refractivity contribution in [1.82, 2.24) is 24.6 Å². The Morgan fingerprint density at radius 2 is 2.28 bits per heavy atom. The van der Waals surface area contributed by atoms with Gasteiger partial charge in [0.15, 0.2) is 5.69 Å². The van der Waals surface area contributed by atoms with E-state index in [0.29, 0.717) is 5.69 Å². The van der Waals surface area contributed by atoms with Gasteiger partial charge in [0.1, 0.15) is 0 Å². The summed E-state index contributed by atoms with van der Waals surface area (Å²) < 4.78 is 3.20. The monoisotopic (exact) mass is 242 g/mol. The molecule has 0 unspecified atom stereocenters. The van der Waals surface area contributed by atoms with E-state index in [1.165, 1.54) is 4.68 Å². The summed E-state index contributed by atoms with van der Waals surface area (Å²) in [6, 6.07) is 5.47. The van der Waals surface area contributed by atoms with Crippen molar-refractivity contribution in [3.63, 3.8) is 0 Å². The minimum absolute atomic E-state index is 0.283. The second-order valence-corrected chi connectivity index (χ2v) is 3.85. The fourth-order valence-corrected chi connectivity index (χ4v) is 1.65. The molecule has 3 rings (SSSR count). The van der Waals surface area contributed by atoms with Crippen molar-refractivity contribution in [2.75, 3.05) is 5.32 Å². The van der Waals surface area contributed by atoms with Crippen LogP contribution in [0.3, 0.4) is 0 Å². The number of amides is 1. The third-order valence-electron chi connectivity index (χ3n) is 2.49. The number of fused-ring (bicyclic) bond motifs is 1. The number of nitrogens with zero attached hydrogens (tertiary/aromatic N) is 5. The van der Waals surface area contributed by atoms with Crippen molar-refractivity contribution in [2.45, 2.75) is 0 Å². The largest absolute Gasteiger partial charge is 0.320 e. The van der Waals surface area contributed by atoms with Gasteiger partial charge in [0.05, 0.1) is 11.7 Å². The summed E-state index contributed by atoms with van der Waals surface area (Å²) in [5, 5.41) is 14.3. The van der Waals surface area contributed by atoms with Crippen molar-refractivity contribution < 1.29 is 4.79 Å². The first-order valence-corrected chi connectivity index (χ1v) is 5.33. The third kappa shape index (κ3) is 1.81. The van der Waals surface area contributed by atoms with Crippen LogP contribution in [0, 0.1) is 0 Å². The average molecular weight is 242 g/mol. The van der Waals surface area contributed by atoms with Crippen LogP contribution in [-0.2, 0) is 7.05 Å². The Kier molecular flexibility index (Phi) is 2.30. The molecular formula is C11H10N6O. The van der Waals surface area contributed by atoms with E-state index in [1.807, 2.05) is 12.1 Å². The van der Waals surface area contributed by atoms with E-state index < -0.39 is 0 Å². The lowest BCUT2D eigenvalue weighted by Crippen LogP contribution is -2.12. The van der Waals surface area contributed by atoms with Crippen LogP contribution in [0.25, 0.3) is 5.52 Å².